The molecule has 0 unspecified atom stereocenters. The highest BCUT2D eigenvalue weighted by Crippen LogP contribution is 2.29. The third kappa shape index (κ3) is 3.37. The first-order chi connectivity index (χ1) is 11.9. The van der Waals surface area contributed by atoms with Gasteiger partial charge in [0.05, 0.1) is 23.8 Å². The summed E-state index contributed by atoms with van der Waals surface area (Å²) in [6, 6.07) is 7.34. The van der Waals surface area contributed by atoms with Crippen LogP contribution < -0.4 is 5.73 Å². The van der Waals surface area contributed by atoms with Crippen molar-refractivity contribution in [3.8, 4) is 23.1 Å². The molecule has 1 aliphatic rings. The number of hydrogen-bond acceptors (Lipinski definition) is 5. The van der Waals surface area contributed by atoms with Gasteiger partial charge in [-0.25, -0.2) is 4.98 Å². The maximum Gasteiger partial charge on any atom is 0.268 e. The normalized spacial score (nSPS) is 19.4. The van der Waals surface area contributed by atoms with E-state index in [4.69, 9.17) is 5.73 Å². The summed E-state index contributed by atoms with van der Waals surface area (Å²) in [4.78, 5) is 21.3. The Morgan fingerprint density at radius 3 is 2.92 bits per heavy atom. The van der Waals surface area contributed by atoms with Gasteiger partial charge in [-0.3, -0.25) is 9.78 Å². The van der Waals surface area contributed by atoms with Crippen LogP contribution in [0, 0.1) is 11.8 Å². The number of nitrogens with two attached hydrogens (primary N) is 1. The number of carbonyl (C=O) groups excluding carboxylic acids is 1. The number of primary amides is 1. The number of amides is 1. The number of aliphatic hydroxyl groups is 1. The third-order valence-electron chi connectivity index (χ3n) is 4.21. The Morgan fingerprint density at radius 1 is 1.44 bits per heavy atom. The summed E-state index contributed by atoms with van der Waals surface area (Å²) >= 11 is 0. The van der Waals surface area contributed by atoms with Crippen LogP contribution in [-0.2, 0) is 0 Å². The highest BCUT2D eigenvalue weighted by Gasteiger charge is 2.36. The predicted octanol–water partition coefficient (Wildman–Crippen LogP) is 1.17. The summed E-state index contributed by atoms with van der Waals surface area (Å²) in [5.74, 6) is 5.29. The molecule has 1 fully saturated rings. The molecule has 1 atom stereocenters. The molecule has 3 N–H and O–H groups in total. The van der Waals surface area contributed by atoms with Crippen molar-refractivity contribution < 1.29 is 9.90 Å². The molecular weight excluding hydrogens is 316 g/mol. The van der Waals surface area contributed by atoms with E-state index in [-0.39, 0.29) is 5.69 Å². The lowest BCUT2D eigenvalue weighted by Crippen LogP contribution is -2.26. The van der Waals surface area contributed by atoms with Gasteiger partial charge in [0.25, 0.3) is 5.91 Å². The molecule has 6 nitrogen and oxygen atoms in total. The maximum absolute atomic E-state index is 11.3. The molecule has 0 saturated carbocycles. The summed E-state index contributed by atoms with van der Waals surface area (Å²) in [5.41, 5.74) is 6.77. The number of hydrogen-bond donors (Lipinski definition) is 2. The smallest absolute Gasteiger partial charge is 0.268 e. The van der Waals surface area contributed by atoms with Gasteiger partial charge >= 0.3 is 0 Å². The van der Waals surface area contributed by atoms with Crippen molar-refractivity contribution in [2.24, 2.45) is 5.73 Å². The second-order valence-electron chi connectivity index (χ2n) is 5.96. The van der Waals surface area contributed by atoms with Gasteiger partial charge in [-0.15, -0.1) is 0 Å². The number of rotatable bonds is 2. The minimum atomic E-state index is -1.20. The highest BCUT2D eigenvalue weighted by atomic mass is 16.3. The number of benzene rings is 1. The third-order valence-corrected chi connectivity index (χ3v) is 4.21. The number of likely N-dealkylation sites (tertiary alicyclic amines) is 1. The molecule has 2 heterocycles. The van der Waals surface area contributed by atoms with Gasteiger partial charge in [-0.1, -0.05) is 30.6 Å². The van der Waals surface area contributed by atoms with E-state index in [0.717, 1.165) is 17.7 Å². The van der Waals surface area contributed by atoms with Crippen molar-refractivity contribution in [1.82, 2.24) is 14.9 Å². The van der Waals surface area contributed by atoms with Gasteiger partial charge in [0.1, 0.15) is 5.69 Å². The first kappa shape index (κ1) is 16.7. The van der Waals surface area contributed by atoms with Crippen LogP contribution in [-0.4, -0.2) is 45.1 Å². The Bertz CT molecular complexity index is 913. The molecule has 1 aromatic heterocycles. The largest absolute Gasteiger partial charge is 0.375 e. The van der Waals surface area contributed by atoms with E-state index >= 15 is 0 Å². The lowest BCUT2D eigenvalue weighted by Gasteiger charge is -2.19. The zero-order valence-corrected chi connectivity index (χ0v) is 13.9. The highest BCUT2D eigenvalue weighted by molar-refractivity contribution is 5.90. The molecule has 1 amide bonds. The van der Waals surface area contributed by atoms with Crippen molar-refractivity contribution >= 4 is 5.91 Å². The summed E-state index contributed by atoms with van der Waals surface area (Å²) in [6.07, 6.45) is 3.41. The van der Waals surface area contributed by atoms with Crippen molar-refractivity contribution in [2.75, 3.05) is 13.6 Å². The van der Waals surface area contributed by atoms with Gasteiger partial charge in [-0.2, -0.15) is 0 Å². The zero-order valence-electron chi connectivity index (χ0n) is 13.9. The molecule has 0 spiro atoms. The number of nitrogens with zero attached hydrogens (tertiary/aromatic N) is 3. The van der Waals surface area contributed by atoms with Crippen LogP contribution in [0.4, 0.5) is 0 Å². The van der Waals surface area contributed by atoms with Gasteiger partial charge in [-0.05, 0) is 12.1 Å². The average Bonchev–Trinajstić information content (AvgIpc) is 2.88. The number of aromatic nitrogens is 2. The number of likely N-dealkylation sites (N-methyl/N-ethyl adjacent to an activating group) is 1. The van der Waals surface area contributed by atoms with Crippen LogP contribution in [0.15, 0.2) is 48.9 Å². The molecule has 1 saturated heterocycles. The SMILES string of the molecule is C=C1N(C)CC[C@@]1(O)C#Cc1cccc(-c2cncc(C(N)=O)n2)c1. The van der Waals surface area contributed by atoms with E-state index in [0.29, 0.717) is 17.8 Å². The molecule has 25 heavy (non-hydrogen) atoms. The Morgan fingerprint density at radius 2 is 2.24 bits per heavy atom. The van der Waals surface area contributed by atoms with Crippen molar-refractivity contribution in [3.63, 3.8) is 0 Å². The topological polar surface area (TPSA) is 92.3 Å². The van der Waals surface area contributed by atoms with Crippen molar-refractivity contribution in [3.05, 3.63) is 60.2 Å². The Hall–Kier alpha value is -3.17. The Kier molecular flexibility index (Phi) is 4.26. The second-order valence-corrected chi connectivity index (χ2v) is 5.96. The molecule has 3 rings (SSSR count). The molecule has 126 valence electrons. The van der Waals surface area contributed by atoms with E-state index in [2.05, 4.69) is 28.4 Å². The first-order valence-electron chi connectivity index (χ1n) is 7.77. The molecule has 0 radical (unpaired) electrons. The van der Waals surface area contributed by atoms with E-state index in [1.54, 1.807) is 6.20 Å². The summed E-state index contributed by atoms with van der Waals surface area (Å²) in [6.45, 7) is 4.63. The van der Waals surface area contributed by atoms with Gasteiger partial charge in [0.2, 0.25) is 0 Å². The van der Waals surface area contributed by atoms with E-state index < -0.39 is 11.5 Å². The van der Waals surface area contributed by atoms with Crippen molar-refractivity contribution in [1.29, 1.82) is 0 Å². The second kappa shape index (κ2) is 6.38. The van der Waals surface area contributed by atoms with Gasteiger partial charge < -0.3 is 15.7 Å². The van der Waals surface area contributed by atoms with Gasteiger partial charge in [0.15, 0.2) is 5.60 Å². The van der Waals surface area contributed by atoms with E-state index in [9.17, 15) is 9.90 Å². The van der Waals surface area contributed by atoms with Crippen LogP contribution in [0.5, 0.6) is 0 Å². The fourth-order valence-electron chi connectivity index (χ4n) is 2.61. The number of carbonyl (C=O) groups is 1. The summed E-state index contributed by atoms with van der Waals surface area (Å²) in [5, 5.41) is 10.6. The lowest BCUT2D eigenvalue weighted by atomic mass is 10.00. The lowest BCUT2D eigenvalue weighted by molar-refractivity contribution is 0.0995. The fourth-order valence-corrected chi connectivity index (χ4v) is 2.61. The predicted molar refractivity (Wildman–Crippen MR) is 94.2 cm³/mol. The molecule has 1 aromatic carbocycles. The minimum Gasteiger partial charge on any atom is -0.375 e. The van der Waals surface area contributed by atoms with Crippen LogP contribution in [0.3, 0.4) is 0 Å². The summed E-state index contributed by atoms with van der Waals surface area (Å²) < 4.78 is 0. The zero-order chi connectivity index (χ0) is 18.0. The molecular formula is C19H18N4O2. The van der Waals surface area contributed by atoms with Crippen LogP contribution in [0.2, 0.25) is 0 Å². The maximum atomic E-state index is 11.3. The average molecular weight is 334 g/mol. The van der Waals surface area contributed by atoms with Gasteiger partial charge in [0, 0.05) is 31.1 Å². The molecule has 0 aliphatic carbocycles. The standard InChI is InChI=1S/C19H18N4O2/c1-13-19(25,8-9-23(13)2)7-6-14-4-3-5-15(10-14)16-11-21-12-17(22-16)18(20)24/h3-5,10-12,25H,1,8-9H2,2H3,(H2,20,24)/t19-/m0/s1. The van der Waals surface area contributed by atoms with Crippen molar-refractivity contribution in [2.45, 2.75) is 12.0 Å². The first-order valence-corrected chi connectivity index (χ1v) is 7.77. The minimum absolute atomic E-state index is 0.105. The molecule has 2 aromatic rings. The Labute approximate surface area is 146 Å². The van der Waals surface area contributed by atoms with E-state index in [1.165, 1.54) is 6.20 Å². The Balaban J connectivity index is 1.91. The van der Waals surface area contributed by atoms with Crippen LogP contribution in [0.1, 0.15) is 22.5 Å². The van der Waals surface area contributed by atoms with Crippen LogP contribution in [0.25, 0.3) is 11.3 Å². The van der Waals surface area contributed by atoms with Crippen LogP contribution >= 0.6 is 0 Å². The fraction of sp³-hybridized carbons (Fsp3) is 0.211. The van der Waals surface area contributed by atoms with E-state index in [1.807, 2.05) is 36.2 Å². The monoisotopic (exact) mass is 334 g/mol. The summed E-state index contributed by atoms with van der Waals surface area (Å²) in [7, 11) is 1.88. The molecule has 1 aliphatic heterocycles. The molecule has 6 heteroatoms. The quantitative estimate of drug-likeness (QED) is 0.805. The molecule has 0 bridgehead atoms.